The van der Waals surface area contributed by atoms with Gasteiger partial charge in [-0.15, -0.1) is 13.2 Å². The van der Waals surface area contributed by atoms with Crippen LogP contribution in [0.1, 0.15) is 50.8 Å². The average molecular weight is 598 g/mol. The minimum atomic E-state index is -4.86. The van der Waals surface area contributed by atoms with Gasteiger partial charge in [-0.3, -0.25) is 0 Å². The van der Waals surface area contributed by atoms with Crippen LogP contribution in [0.3, 0.4) is 0 Å². The molecule has 0 spiro atoms. The molecule has 13 heteroatoms. The summed E-state index contributed by atoms with van der Waals surface area (Å²) in [7, 11) is -6.01. The number of benzene rings is 2. The lowest BCUT2D eigenvalue weighted by Crippen LogP contribution is -2.42. The highest BCUT2D eigenvalue weighted by atomic mass is 32.2. The lowest BCUT2D eigenvalue weighted by atomic mass is 10.1. The normalized spacial score (nSPS) is 16.2. The van der Waals surface area contributed by atoms with E-state index in [1.54, 1.807) is 18.2 Å². The van der Waals surface area contributed by atoms with Crippen LogP contribution in [0.4, 0.5) is 13.2 Å². The monoisotopic (exact) mass is 597 g/mol. The van der Waals surface area contributed by atoms with E-state index in [0.29, 0.717) is 24.1 Å². The van der Waals surface area contributed by atoms with Gasteiger partial charge in [-0.1, -0.05) is 38.1 Å². The molecule has 2 aromatic carbocycles. The molecule has 0 radical (unpaired) electrons. The predicted octanol–water partition coefficient (Wildman–Crippen LogP) is 6.38. The van der Waals surface area contributed by atoms with E-state index in [1.807, 2.05) is 6.07 Å². The second-order valence-corrected chi connectivity index (χ2v) is 17.7. The molecule has 1 saturated heterocycles. The Balaban J connectivity index is 1.69. The fraction of sp³-hybridized carbons (Fsp3) is 0.481. The first-order valence-electron chi connectivity index (χ1n) is 12.7. The van der Waals surface area contributed by atoms with E-state index in [4.69, 9.17) is 9.26 Å². The first-order valence-corrected chi connectivity index (χ1v) is 17.1. The van der Waals surface area contributed by atoms with E-state index in [9.17, 15) is 26.9 Å². The van der Waals surface area contributed by atoms with Crippen LogP contribution in [0.5, 0.6) is 5.75 Å². The van der Waals surface area contributed by atoms with Crippen LogP contribution in [-0.4, -0.2) is 52.8 Å². The SMILES string of the molecule is CC(C)(C)[Si](C)(C)OCC(ON=C1CCN(S(=O)(=O)c2ccc(OC(F)(F)F)cc2)CC1)c1cccc(C#N)c1. The topological polar surface area (TPSA) is 101 Å². The molecule has 0 amide bonds. The summed E-state index contributed by atoms with van der Waals surface area (Å²) in [6.45, 7) is 11.2. The number of hydrogen-bond donors (Lipinski definition) is 0. The molecule has 218 valence electrons. The molecular formula is C27H34F3N3O5SSi. The molecule has 1 unspecified atom stereocenters. The molecule has 1 aliphatic heterocycles. The van der Waals surface area contributed by atoms with Crippen molar-refractivity contribution in [3.8, 4) is 11.8 Å². The smallest absolute Gasteiger partial charge is 0.413 e. The van der Waals surface area contributed by atoms with Crippen molar-refractivity contribution in [3.63, 3.8) is 0 Å². The molecule has 1 fully saturated rings. The Morgan fingerprint density at radius 1 is 1.07 bits per heavy atom. The van der Waals surface area contributed by atoms with Crippen molar-refractivity contribution in [1.82, 2.24) is 4.31 Å². The Labute approximate surface area is 234 Å². The fourth-order valence-electron chi connectivity index (χ4n) is 3.67. The Bertz CT molecular complexity index is 1340. The highest BCUT2D eigenvalue weighted by Crippen LogP contribution is 2.37. The summed E-state index contributed by atoms with van der Waals surface area (Å²) in [4.78, 5) is 5.81. The molecule has 0 saturated carbocycles. The van der Waals surface area contributed by atoms with Gasteiger partial charge in [0.05, 0.1) is 28.8 Å². The fourth-order valence-corrected chi connectivity index (χ4v) is 6.12. The zero-order valence-corrected chi connectivity index (χ0v) is 25.0. The Morgan fingerprint density at radius 2 is 1.70 bits per heavy atom. The summed E-state index contributed by atoms with van der Waals surface area (Å²) in [5.74, 6) is -0.496. The zero-order chi connectivity index (χ0) is 29.8. The molecule has 0 aliphatic carbocycles. The highest BCUT2D eigenvalue weighted by molar-refractivity contribution is 7.89. The van der Waals surface area contributed by atoms with E-state index >= 15 is 0 Å². The summed E-state index contributed by atoms with van der Waals surface area (Å²) >= 11 is 0. The molecule has 0 N–H and O–H groups in total. The minimum absolute atomic E-state index is 0.0120. The molecule has 0 bridgehead atoms. The van der Waals surface area contributed by atoms with E-state index < -0.39 is 36.6 Å². The minimum Gasteiger partial charge on any atom is -0.413 e. The summed E-state index contributed by atoms with van der Waals surface area (Å²) in [5, 5.41) is 13.7. The number of rotatable bonds is 9. The number of sulfonamides is 1. The maximum absolute atomic E-state index is 13.0. The summed E-state index contributed by atoms with van der Waals surface area (Å²) < 4.78 is 74.7. The van der Waals surface area contributed by atoms with Crippen molar-refractivity contribution in [2.75, 3.05) is 19.7 Å². The molecule has 8 nitrogen and oxygen atoms in total. The number of ether oxygens (including phenoxy) is 1. The maximum atomic E-state index is 13.0. The average Bonchev–Trinajstić information content (AvgIpc) is 2.87. The summed E-state index contributed by atoms with van der Waals surface area (Å²) in [6.07, 6.45) is -4.78. The molecule has 1 heterocycles. The molecule has 1 atom stereocenters. The molecular weight excluding hydrogens is 563 g/mol. The second-order valence-electron chi connectivity index (χ2n) is 11.0. The molecule has 40 heavy (non-hydrogen) atoms. The van der Waals surface area contributed by atoms with Crippen molar-refractivity contribution in [2.24, 2.45) is 5.16 Å². The van der Waals surface area contributed by atoms with Gasteiger partial charge in [0.15, 0.2) is 14.4 Å². The van der Waals surface area contributed by atoms with Gasteiger partial charge < -0.3 is 14.0 Å². The van der Waals surface area contributed by atoms with Crippen LogP contribution in [0.2, 0.25) is 18.1 Å². The van der Waals surface area contributed by atoms with Gasteiger partial charge in [0.1, 0.15) is 5.75 Å². The number of alkyl halides is 3. The Hall–Kier alpha value is -2.92. The number of hydrogen-bond acceptors (Lipinski definition) is 7. The highest BCUT2D eigenvalue weighted by Gasteiger charge is 2.38. The molecule has 2 aromatic rings. The first kappa shape index (κ1) is 31.6. The van der Waals surface area contributed by atoms with E-state index in [0.717, 1.165) is 29.8 Å². The van der Waals surface area contributed by atoms with Crippen LogP contribution < -0.4 is 4.74 Å². The summed E-state index contributed by atoms with van der Waals surface area (Å²) in [5.41, 5.74) is 1.91. The number of halogens is 3. The van der Waals surface area contributed by atoms with Gasteiger partial charge in [0.25, 0.3) is 0 Å². The number of nitrogens with zero attached hydrogens (tertiary/aromatic N) is 3. The maximum Gasteiger partial charge on any atom is 0.573 e. The van der Waals surface area contributed by atoms with Gasteiger partial charge in [-0.05, 0) is 60.1 Å². The third kappa shape index (κ3) is 8.29. The van der Waals surface area contributed by atoms with Gasteiger partial charge >= 0.3 is 6.36 Å². The number of nitriles is 1. The first-order chi connectivity index (χ1) is 18.5. The van der Waals surface area contributed by atoms with Crippen LogP contribution >= 0.6 is 0 Å². The van der Waals surface area contributed by atoms with Crippen LogP contribution in [0, 0.1) is 11.3 Å². The lowest BCUT2D eigenvalue weighted by Gasteiger charge is -2.37. The Kier molecular flexibility index (Phi) is 9.72. The van der Waals surface area contributed by atoms with E-state index in [-0.39, 0.29) is 29.6 Å². The van der Waals surface area contributed by atoms with Crippen LogP contribution in [0.15, 0.2) is 58.6 Å². The van der Waals surface area contributed by atoms with Crippen molar-refractivity contribution in [1.29, 1.82) is 5.26 Å². The predicted molar refractivity (Wildman–Crippen MR) is 147 cm³/mol. The molecule has 1 aliphatic rings. The number of oxime groups is 1. The van der Waals surface area contributed by atoms with Gasteiger partial charge in [-0.2, -0.15) is 9.57 Å². The third-order valence-electron chi connectivity index (χ3n) is 7.09. The Morgan fingerprint density at radius 3 is 2.25 bits per heavy atom. The zero-order valence-electron chi connectivity index (χ0n) is 23.2. The van der Waals surface area contributed by atoms with Crippen LogP contribution in [-0.2, 0) is 19.3 Å². The van der Waals surface area contributed by atoms with Crippen molar-refractivity contribution < 1.29 is 35.6 Å². The molecule has 0 aromatic heterocycles. The standard InChI is InChI=1S/C27H34F3N3O5SSi/c1-26(2,3)40(4,5)36-19-25(21-8-6-7-20(17-21)18-31)38-32-22-13-15-33(16-14-22)39(34,35)24-11-9-23(10-12-24)37-27(28,29)30/h6-12,17,25H,13-16,19H2,1-5H3. The van der Waals surface area contributed by atoms with Gasteiger partial charge in [0.2, 0.25) is 10.0 Å². The number of piperidine rings is 1. The van der Waals surface area contributed by atoms with Crippen LogP contribution in [0.25, 0.3) is 0 Å². The van der Waals surface area contributed by atoms with Gasteiger partial charge in [0, 0.05) is 25.9 Å². The third-order valence-corrected chi connectivity index (χ3v) is 13.5. The van der Waals surface area contributed by atoms with E-state index in [1.165, 1.54) is 4.31 Å². The lowest BCUT2D eigenvalue weighted by molar-refractivity contribution is -0.274. The largest absolute Gasteiger partial charge is 0.573 e. The second kappa shape index (κ2) is 12.3. The molecule has 3 rings (SSSR count). The van der Waals surface area contributed by atoms with Crippen molar-refractivity contribution in [3.05, 3.63) is 59.7 Å². The van der Waals surface area contributed by atoms with Gasteiger partial charge in [-0.25, -0.2) is 8.42 Å². The van der Waals surface area contributed by atoms with E-state index in [2.05, 4.69) is 49.8 Å². The van der Waals surface area contributed by atoms with Crippen molar-refractivity contribution >= 4 is 24.1 Å². The quantitative estimate of drug-likeness (QED) is 0.246. The summed E-state index contributed by atoms with van der Waals surface area (Å²) in [6, 6.07) is 13.3. The van der Waals surface area contributed by atoms with Crippen molar-refractivity contribution in [2.45, 2.75) is 69.1 Å².